The van der Waals surface area contributed by atoms with Gasteiger partial charge in [-0.1, -0.05) is 49.4 Å². The Kier molecular flexibility index (Phi) is 3.42. The summed E-state index contributed by atoms with van der Waals surface area (Å²) in [7, 11) is 0. The Hall–Kier alpha value is -2.15. The quantitative estimate of drug-likeness (QED) is 0.828. The number of hydrogen-bond acceptors (Lipinski definition) is 3. The molecule has 2 rings (SSSR count). The van der Waals surface area contributed by atoms with Crippen molar-refractivity contribution in [1.29, 1.82) is 5.26 Å². The van der Waals surface area contributed by atoms with Crippen molar-refractivity contribution < 1.29 is 0 Å². The van der Waals surface area contributed by atoms with Crippen LogP contribution in [-0.2, 0) is 0 Å². The van der Waals surface area contributed by atoms with E-state index in [4.69, 9.17) is 5.26 Å². The highest BCUT2D eigenvalue weighted by Crippen LogP contribution is 2.24. The highest BCUT2D eigenvalue weighted by Gasteiger charge is 2.20. The van der Waals surface area contributed by atoms with E-state index in [1.165, 1.54) is 0 Å². The van der Waals surface area contributed by atoms with Crippen LogP contribution in [0.2, 0.25) is 0 Å². The molecule has 0 saturated carbocycles. The lowest BCUT2D eigenvalue weighted by molar-refractivity contribution is 0.509. The zero-order valence-electron chi connectivity index (χ0n) is 10.8. The predicted octanol–water partition coefficient (Wildman–Crippen LogP) is 2.88. The second-order valence-electron chi connectivity index (χ2n) is 4.62. The van der Waals surface area contributed by atoms with Crippen LogP contribution in [0.3, 0.4) is 0 Å². The highest BCUT2D eigenvalue weighted by atomic mass is 15.4. The van der Waals surface area contributed by atoms with Gasteiger partial charge in [0.05, 0.1) is 11.7 Å². The molecule has 0 aliphatic carbocycles. The van der Waals surface area contributed by atoms with Crippen molar-refractivity contribution in [2.24, 2.45) is 0 Å². The molecule has 0 aliphatic rings. The fourth-order valence-electron chi connectivity index (χ4n) is 2.08. The van der Waals surface area contributed by atoms with Gasteiger partial charge in [0.15, 0.2) is 5.69 Å². The maximum atomic E-state index is 9.07. The second kappa shape index (κ2) is 5.01. The molecule has 4 heteroatoms. The van der Waals surface area contributed by atoms with Crippen LogP contribution in [-0.4, -0.2) is 15.0 Å². The van der Waals surface area contributed by atoms with Crippen LogP contribution < -0.4 is 0 Å². The van der Waals surface area contributed by atoms with Gasteiger partial charge < -0.3 is 0 Å². The Labute approximate surface area is 107 Å². The van der Waals surface area contributed by atoms with E-state index < -0.39 is 0 Å². The van der Waals surface area contributed by atoms with Crippen molar-refractivity contribution in [3.8, 4) is 6.07 Å². The van der Waals surface area contributed by atoms with Gasteiger partial charge in [0.2, 0.25) is 0 Å². The molecule has 2 aromatic rings. The number of rotatable bonds is 3. The highest BCUT2D eigenvalue weighted by molar-refractivity contribution is 5.29. The molecule has 0 radical (unpaired) electrons. The van der Waals surface area contributed by atoms with Gasteiger partial charge in [-0.15, -0.1) is 5.10 Å². The molecule has 0 spiro atoms. The average molecular weight is 240 g/mol. The number of nitriles is 1. The minimum Gasteiger partial charge on any atom is -0.241 e. The normalized spacial score (nSPS) is 12.4. The van der Waals surface area contributed by atoms with Crippen molar-refractivity contribution >= 4 is 0 Å². The molecule has 18 heavy (non-hydrogen) atoms. The first-order chi connectivity index (χ1) is 8.65. The molecule has 0 N–H and O–H groups in total. The summed E-state index contributed by atoms with van der Waals surface area (Å²) in [6.07, 6.45) is 0. The molecule has 1 heterocycles. The monoisotopic (exact) mass is 240 g/mol. The maximum absolute atomic E-state index is 9.07. The van der Waals surface area contributed by atoms with Crippen molar-refractivity contribution in [3.05, 3.63) is 47.3 Å². The third-order valence-corrected chi connectivity index (χ3v) is 3.03. The summed E-state index contributed by atoms with van der Waals surface area (Å²) in [6, 6.07) is 12.3. The lowest BCUT2D eigenvalue weighted by atomic mass is 10.1. The standard InChI is InChI=1S/C14H16N4/c1-10(2)14-13(9-15)16-17-18(14)11(3)12-7-5-4-6-8-12/h4-8,10-11H,1-3H3. The van der Waals surface area contributed by atoms with Crippen LogP contribution in [0.5, 0.6) is 0 Å². The van der Waals surface area contributed by atoms with E-state index in [1.807, 2.05) is 36.7 Å². The molecule has 1 aromatic carbocycles. The van der Waals surface area contributed by atoms with Crippen molar-refractivity contribution in [1.82, 2.24) is 15.0 Å². The summed E-state index contributed by atoms with van der Waals surface area (Å²) in [5, 5.41) is 17.2. The van der Waals surface area contributed by atoms with Crippen LogP contribution in [0.1, 0.15) is 49.7 Å². The molecule has 0 aliphatic heterocycles. The molecule has 0 fully saturated rings. The lowest BCUT2D eigenvalue weighted by Crippen LogP contribution is -2.13. The lowest BCUT2D eigenvalue weighted by Gasteiger charge is -2.16. The largest absolute Gasteiger partial charge is 0.241 e. The van der Waals surface area contributed by atoms with Crippen LogP contribution in [0.15, 0.2) is 30.3 Å². The summed E-state index contributed by atoms with van der Waals surface area (Å²) in [6.45, 7) is 6.17. The second-order valence-corrected chi connectivity index (χ2v) is 4.62. The zero-order chi connectivity index (χ0) is 13.1. The Morgan fingerprint density at radius 2 is 1.83 bits per heavy atom. The van der Waals surface area contributed by atoms with E-state index in [0.29, 0.717) is 5.69 Å². The molecule has 4 nitrogen and oxygen atoms in total. The minimum atomic E-state index is 0.0817. The van der Waals surface area contributed by atoms with Crippen molar-refractivity contribution in [2.75, 3.05) is 0 Å². The van der Waals surface area contributed by atoms with E-state index in [2.05, 4.69) is 35.4 Å². The van der Waals surface area contributed by atoms with Gasteiger partial charge in [0.1, 0.15) is 6.07 Å². The molecule has 0 bridgehead atoms. The Bertz CT molecular complexity index is 563. The topological polar surface area (TPSA) is 54.5 Å². The van der Waals surface area contributed by atoms with E-state index in [-0.39, 0.29) is 12.0 Å². The van der Waals surface area contributed by atoms with Gasteiger partial charge >= 0.3 is 0 Å². The molecule has 1 unspecified atom stereocenters. The minimum absolute atomic E-state index is 0.0817. The van der Waals surface area contributed by atoms with Gasteiger partial charge in [0, 0.05) is 0 Å². The number of benzene rings is 1. The van der Waals surface area contributed by atoms with Gasteiger partial charge in [-0.05, 0) is 18.4 Å². The van der Waals surface area contributed by atoms with E-state index in [9.17, 15) is 0 Å². The Morgan fingerprint density at radius 1 is 1.17 bits per heavy atom. The molecular weight excluding hydrogens is 224 g/mol. The van der Waals surface area contributed by atoms with Gasteiger partial charge in [-0.3, -0.25) is 0 Å². The van der Waals surface area contributed by atoms with Crippen molar-refractivity contribution in [2.45, 2.75) is 32.7 Å². The fraction of sp³-hybridized carbons (Fsp3) is 0.357. The summed E-state index contributed by atoms with van der Waals surface area (Å²) in [4.78, 5) is 0. The molecular formula is C14H16N4. The van der Waals surface area contributed by atoms with E-state index in [0.717, 1.165) is 11.3 Å². The predicted molar refractivity (Wildman–Crippen MR) is 69.1 cm³/mol. The number of nitrogens with zero attached hydrogens (tertiary/aromatic N) is 4. The van der Waals surface area contributed by atoms with Crippen LogP contribution in [0.25, 0.3) is 0 Å². The molecule has 1 atom stereocenters. The summed E-state index contributed by atoms with van der Waals surface area (Å²) in [5.74, 6) is 0.223. The van der Waals surface area contributed by atoms with Gasteiger partial charge in [0.25, 0.3) is 0 Å². The Morgan fingerprint density at radius 3 is 2.39 bits per heavy atom. The van der Waals surface area contributed by atoms with E-state index in [1.54, 1.807) is 0 Å². The third-order valence-electron chi connectivity index (χ3n) is 3.03. The molecule has 92 valence electrons. The molecule has 0 saturated heterocycles. The first-order valence-electron chi connectivity index (χ1n) is 6.05. The van der Waals surface area contributed by atoms with Crippen LogP contribution in [0.4, 0.5) is 0 Å². The van der Waals surface area contributed by atoms with Gasteiger partial charge in [-0.25, -0.2) is 4.68 Å². The average Bonchev–Trinajstić information content (AvgIpc) is 2.82. The van der Waals surface area contributed by atoms with Gasteiger partial charge in [-0.2, -0.15) is 5.26 Å². The molecule has 1 aromatic heterocycles. The zero-order valence-corrected chi connectivity index (χ0v) is 10.8. The smallest absolute Gasteiger partial charge is 0.186 e. The van der Waals surface area contributed by atoms with Crippen LogP contribution >= 0.6 is 0 Å². The first kappa shape index (κ1) is 12.3. The third kappa shape index (κ3) is 2.12. The fourth-order valence-corrected chi connectivity index (χ4v) is 2.08. The van der Waals surface area contributed by atoms with E-state index >= 15 is 0 Å². The number of aromatic nitrogens is 3. The maximum Gasteiger partial charge on any atom is 0.186 e. The summed E-state index contributed by atoms with van der Waals surface area (Å²) >= 11 is 0. The molecule has 0 amide bonds. The SMILES string of the molecule is CC(C)c1c(C#N)nnn1C(C)c1ccccc1. The first-order valence-corrected chi connectivity index (χ1v) is 6.05. The Balaban J connectivity index is 2.46. The summed E-state index contributed by atoms with van der Waals surface area (Å²) < 4.78 is 1.85. The van der Waals surface area contributed by atoms with Crippen molar-refractivity contribution in [3.63, 3.8) is 0 Å². The van der Waals surface area contributed by atoms with Crippen LogP contribution in [0, 0.1) is 11.3 Å². The number of hydrogen-bond donors (Lipinski definition) is 0. The summed E-state index contributed by atoms with van der Waals surface area (Å²) in [5.41, 5.74) is 2.48.